The molecule has 0 unspecified atom stereocenters. The van der Waals surface area contributed by atoms with Crippen molar-refractivity contribution in [3.63, 3.8) is 0 Å². The minimum Gasteiger partial charge on any atom is -0.349 e. The summed E-state index contributed by atoms with van der Waals surface area (Å²) in [5.41, 5.74) is 2.81. The molecule has 2 aromatic carbocycles. The third-order valence-electron chi connectivity index (χ3n) is 5.38. The molecule has 0 aliphatic carbocycles. The van der Waals surface area contributed by atoms with Crippen LogP contribution in [0.3, 0.4) is 0 Å². The maximum Gasteiger partial charge on any atom is 0.226 e. The highest BCUT2D eigenvalue weighted by Gasteiger charge is 2.28. The first kappa shape index (κ1) is 18.6. The number of piperidine rings is 1. The van der Waals surface area contributed by atoms with Crippen LogP contribution in [0.4, 0.5) is 4.39 Å². The first-order chi connectivity index (χ1) is 13.5. The number of halogens is 1. The van der Waals surface area contributed by atoms with Gasteiger partial charge in [-0.15, -0.1) is 0 Å². The number of para-hydroxylation sites is 2. The molecular weight excluding hydrogens is 355 g/mol. The Morgan fingerprint density at radius 2 is 1.93 bits per heavy atom. The van der Waals surface area contributed by atoms with E-state index in [9.17, 15) is 9.18 Å². The largest absolute Gasteiger partial charge is 0.349 e. The van der Waals surface area contributed by atoms with Gasteiger partial charge in [0.15, 0.2) is 0 Å². The van der Waals surface area contributed by atoms with Gasteiger partial charge in [0.05, 0.1) is 23.5 Å². The van der Waals surface area contributed by atoms with Crippen LogP contribution in [0.15, 0.2) is 48.5 Å². The highest BCUT2D eigenvalue weighted by molar-refractivity contribution is 5.79. The summed E-state index contributed by atoms with van der Waals surface area (Å²) in [5, 5.41) is 0. The number of hydrogen-bond acceptors (Lipinski definition) is 3. The van der Waals surface area contributed by atoms with Crippen LogP contribution in [-0.4, -0.2) is 52.4 Å². The third kappa shape index (κ3) is 3.64. The Kier molecular flexibility index (Phi) is 5.13. The van der Waals surface area contributed by atoms with E-state index < -0.39 is 0 Å². The fraction of sp³-hybridized carbons (Fsp3) is 0.364. The molecule has 0 bridgehead atoms. The molecule has 5 nitrogen and oxygen atoms in total. The van der Waals surface area contributed by atoms with E-state index in [1.54, 1.807) is 17.0 Å². The number of nitrogens with zero attached hydrogens (tertiary/aromatic N) is 4. The number of carbonyl (C=O) groups is 1. The lowest BCUT2D eigenvalue weighted by Gasteiger charge is -2.33. The maximum absolute atomic E-state index is 13.4. The third-order valence-corrected chi connectivity index (χ3v) is 5.38. The van der Waals surface area contributed by atoms with Crippen molar-refractivity contribution in [2.75, 3.05) is 27.2 Å². The minimum absolute atomic E-state index is 0.0346. The quantitative estimate of drug-likeness (QED) is 0.696. The van der Waals surface area contributed by atoms with Crippen LogP contribution in [0.1, 0.15) is 18.7 Å². The Morgan fingerprint density at radius 3 is 2.68 bits per heavy atom. The van der Waals surface area contributed by atoms with Gasteiger partial charge in [0.25, 0.3) is 0 Å². The van der Waals surface area contributed by atoms with Gasteiger partial charge in [-0.25, -0.2) is 9.37 Å². The Morgan fingerprint density at radius 1 is 1.18 bits per heavy atom. The molecule has 28 heavy (non-hydrogen) atoms. The number of likely N-dealkylation sites (tertiary alicyclic amines) is 1. The van der Waals surface area contributed by atoms with Crippen LogP contribution >= 0.6 is 0 Å². The van der Waals surface area contributed by atoms with E-state index in [0.29, 0.717) is 6.54 Å². The second-order valence-corrected chi connectivity index (χ2v) is 7.64. The lowest BCUT2D eigenvalue weighted by Crippen LogP contribution is -2.42. The van der Waals surface area contributed by atoms with Crippen LogP contribution < -0.4 is 0 Å². The number of aromatic nitrogens is 2. The number of rotatable bonds is 4. The number of benzene rings is 2. The summed E-state index contributed by atoms with van der Waals surface area (Å²) in [6.45, 7) is 2.34. The van der Waals surface area contributed by atoms with Crippen molar-refractivity contribution in [2.24, 2.45) is 5.92 Å². The van der Waals surface area contributed by atoms with Crippen molar-refractivity contribution in [2.45, 2.75) is 19.4 Å². The molecule has 1 saturated heterocycles. The van der Waals surface area contributed by atoms with Crippen molar-refractivity contribution in [3.05, 3.63) is 60.2 Å². The van der Waals surface area contributed by atoms with Gasteiger partial charge in [0.2, 0.25) is 5.91 Å². The smallest absolute Gasteiger partial charge is 0.226 e. The van der Waals surface area contributed by atoms with E-state index in [2.05, 4.69) is 9.47 Å². The lowest BCUT2D eigenvalue weighted by molar-refractivity contribution is -0.134. The van der Waals surface area contributed by atoms with E-state index in [0.717, 1.165) is 48.5 Å². The number of hydrogen-bond donors (Lipinski definition) is 0. The molecule has 146 valence electrons. The van der Waals surface area contributed by atoms with Gasteiger partial charge in [0, 0.05) is 26.3 Å². The van der Waals surface area contributed by atoms with Crippen LogP contribution in [0.5, 0.6) is 0 Å². The summed E-state index contributed by atoms with van der Waals surface area (Å²) >= 11 is 0. The van der Waals surface area contributed by atoms with Crippen molar-refractivity contribution < 1.29 is 9.18 Å². The van der Waals surface area contributed by atoms with E-state index in [-0.39, 0.29) is 17.6 Å². The topological polar surface area (TPSA) is 41.4 Å². The molecule has 0 saturated carbocycles. The van der Waals surface area contributed by atoms with Crippen LogP contribution in [-0.2, 0) is 11.3 Å². The molecule has 1 fully saturated rings. The Balaban J connectivity index is 1.66. The van der Waals surface area contributed by atoms with Gasteiger partial charge in [-0.1, -0.05) is 12.1 Å². The van der Waals surface area contributed by atoms with E-state index in [4.69, 9.17) is 4.98 Å². The zero-order chi connectivity index (χ0) is 19.7. The summed E-state index contributed by atoms with van der Waals surface area (Å²) in [5.74, 6) is 0.880. The summed E-state index contributed by atoms with van der Waals surface area (Å²) in [6.07, 6.45) is 1.93. The van der Waals surface area contributed by atoms with E-state index >= 15 is 0 Å². The minimum atomic E-state index is -0.254. The number of carbonyl (C=O) groups excluding carboxylic acids is 1. The fourth-order valence-electron chi connectivity index (χ4n) is 4.03. The van der Waals surface area contributed by atoms with Crippen molar-refractivity contribution >= 4 is 16.9 Å². The number of imidazole rings is 1. The normalized spacial score (nSPS) is 17.8. The highest BCUT2D eigenvalue weighted by Crippen LogP contribution is 2.25. The van der Waals surface area contributed by atoms with Crippen molar-refractivity contribution in [3.8, 4) is 5.69 Å². The molecule has 0 spiro atoms. The average molecular weight is 380 g/mol. The maximum atomic E-state index is 13.4. The van der Waals surface area contributed by atoms with Gasteiger partial charge in [-0.2, -0.15) is 0 Å². The van der Waals surface area contributed by atoms with Crippen LogP contribution in [0, 0.1) is 11.7 Å². The first-order valence-corrected chi connectivity index (χ1v) is 9.69. The Bertz CT molecular complexity index is 980. The van der Waals surface area contributed by atoms with E-state index in [1.165, 1.54) is 12.1 Å². The van der Waals surface area contributed by atoms with Gasteiger partial charge in [-0.3, -0.25) is 14.3 Å². The van der Waals surface area contributed by atoms with Gasteiger partial charge < -0.3 is 4.90 Å². The molecule has 2 heterocycles. The molecule has 4 rings (SSSR count). The first-order valence-electron chi connectivity index (χ1n) is 9.69. The fourth-order valence-corrected chi connectivity index (χ4v) is 4.03. The predicted octanol–water partition coefficient (Wildman–Crippen LogP) is 3.46. The standard InChI is InChI=1S/C22H25FN4O/c1-25(2)22(28)16-6-5-13-26(14-16)15-21-24-19-7-3-4-8-20(19)27(21)18-11-9-17(23)10-12-18/h3-4,7-12,16H,5-6,13-15H2,1-2H3/t16-/m0/s1. The number of amides is 1. The highest BCUT2D eigenvalue weighted by atomic mass is 19.1. The number of fused-ring (bicyclic) bond motifs is 1. The van der Waals surface area contributed by atoms with E-state index in [1.807, 2.05) is 38.4 Å². The zero-order valence-electron chi connectivity index (χ0n) is 16.3. The zero-order valence-corrected chi connectivity index (χ0v) is 16.3. The predicted molar refractivity (Wildman–Crippen MR) is 108 cm³/mol. The molecule has 3 aromatic rings. The molecule has 6 heteroatoms. The molecule has 0 N–H and O–H groups in total. The SMILES string of the molecule is CN(C)C(=O)[C@H]1CCCN(Cc2nc3ccccc3n2-c2ccc(F)cc2)C1. The Hall–Kier alpha value is -2.73. The van der Waals surface area contributed by atoms with Gasteiger partial charge >= 0.3 is 0 Å². The molecule has 0 radical (unpaired) electrons. The average Bonchev–Trinajstić information content (AvgIpc) is 3.06. The monoisotopic (exact) mass is 380 g/mol. The summed E-state index contributed by atoms with van der Waals surface area (Å²) < 4.78 is 15.5. The molecular formula is C22H25FN4O. The Labute approximate surface area is 164 Å². The summed E-state index contributed by atoms with van der Waals surface area (Å²) in [6, 6.07) is 14.5. The summed E-state index contributed by atoms with van der Waals surface area (Å²) in [4.78, 5) is 21.2. The van der Waals surface area contributed by atoms with Crippen molar-refractivity contribution in [1.29, 1.82) is 0 Å². The molecule has 1 amide bonds. The van der Waals surface area contributed by atoms with Crippen LogP contribution in [0.25, 0.3) is 16.7 Å². The lowest BCUT2D eigenvalue weighted by atomic mass is 9.97. The molecule has 1 aliphatic heterocycles. The summed E-state index contributed by atoms with van der Waals surface area (Å²) in [7, 11) is 3.63. The van der Waals surface area contributed by atoms with Crippen LogP contribution in [0.2, 0.25) is 0 Å². The molecule has 1 atom stereocenters. The van der Waals surface area contributed by atoms with Crippen molar-refractivity contribution in [1.82, 2.24) is 19.4 Å². The second-order valence-electron chi connectivity index (χ2n) is 7.64. The van der Waals surface area contributed by atoms with Gasteiger partial charge in [0.1, 0.15) is 11.6 Å². The molecule has 1 aliphatic rings. The molecule has 1 aromatic heterocycles. The van der Waals surface area contributed by atoms with Gasteiger partial charge in [-0.05, 0) is 55.8 Å². The second kappa shape index (κ2) is 7.72.